The number of rotatable bonds is 3. The Morgan fingerprint density at radius 1 is 1.14 bits per heavy atom. The molecule has 0 saturated heterocycles. The molecule has 0 unspecified atom stereocenters. The van der Waals surface area contributed by atoms with Crippen molar-refractivity contribution in [2.75, 3.05) is 5.88 Å². The van der Waals surface area contributed by atoms with Crippen LogP contribution in [0.25, 0.3) is 6.08 Å². The van der Waals surface area contributed by atoms with Crippen LogP contribution in [0.5, 0.6) is 0 Å². The molecule has 0 aliphatic heterocycles. The number of hydrogen-bond donors (Lipinski definition) is 1. The third kappa shape index (κ3) is 2.23. The Kier molecular flexibility index (Phi) is 3.31. The lowest BCUT2D eigenvalue weighted by atomic mass is 10.1. The van der Waals surface area contributed by atoms with Crippen molar-refractivity contribution in [2.24, 2.45) is 0 Å². The average Bonchev–Trinajstić information content (AvgIpc) is 3.07. The molecule has 1 aromatic carbocycles. The minimum atomic E-state index is -0.296. The number of benzene rings is 1. The molecule has 2 aromatic rings. The fourth-order valence-corrected chi connectivity index (χ4v) is 2.45. The first-order valence-corrected chi connectivity index (χ1v) is 6.83. The van der Waals surface area contributed by atoms with Gasteiger partial charge in [0.05, 0.1) is 11.5 Å². The highest BCUT2D eigenvalue weighted by molar-refractivity contribution is 6.41. The molecule has 21 heavy (non-hydrogen) atoms. The van der Waals surface area contributed by atoms with Gasteiger partial charge in [-0.05, 0) is 12.1 Å². The number of ketones is 3. The molecule has 0 radical (unpaired) electrons. The number of allylic oxidation sites excluding steroid dienone is 1. The highest BCUT2D eigenvalue weighted by Crippen LogP contribution is 2.27. The molecule has 1 aliphatic carbocycles. The molecular weight excluding hydrogens is 290 g/mol. The fourth-order valence-electron chi connectivity index (χ4n) is 2.29. The minimum absolute atomic E-state index is 0.0999. The van der Waals surface area contributed by atoms with E-state index in [9.17, 15) is 14.4 Å². The second-order valence-corrected chi connectivity index (χ2v) is 4.93. The predicted octanol–water partition coefficient (Wildman–Crippen LogP) is 2.90. The largest absolute Gasteiger partial charge is 0.361 e. The third-order valence-electron chi connectivity index (χ3n) is 3.35. The van der Waals surface area contributed by atoms with Gasteiger partial charge in [-0.3, -0.25) is 14.4 Å². The molecular formula is C16H10ClNO3. The topological polar surface area (TPSA) is 67.0 Å². The Morgan fingerprint density at radius 3 is 2.33 bits per heavy atom. The summed E-state index contributed by atoms with van der Waals surface area (Å²) in [5.74, 6) is -0.923. The monoisotopic (exact) mass is 299 g/mol. The van der Waals surface area contributed by atoms with Gasteiger partial charge in [-0.25, -0.2) is 0 Å². The van der Waals surface area contributed by atoms with Gasteiger partial charge in [-0.15, -0.1) is 11.6 Å². The Labute approximate surface area is 125 Å². The van der Waals surface area contributed by atoms with Crippen LogP contribution in [-0.2, 0) is 0 Å². The summed E-state index contributed by atoms with van der Waals surface area (Å²) in [5, 5.41) is 0. The van der Waals surface area contributed by atoms with Crippen molar-refractivity contribution in [3.05, 3.63) is 64.5 Å². The number of halogens is 1. The number of aromatic amines is 1. The lowest BCUT2D eigenvalue weighted by Crippen LogP contribution is -2.00. The van der Waals surface area contributed by atoms with Crippen molar-refractivity contribution in [1.82, 2.24) is 4.98 Å². The first-order valence-electron chi connectivity index (χ1n) is 6.29. The van der Waals surface area contributed by atoms with E-state index in [1.54, 1.807) is 30.3 Å². The van der Waals surface area contributed by atoms with E-state index in [1.165, 1.54) is 12.3 Å². The summed E-state index contributed by atoms with van der Waals surface area (Å²) in [6.07, 6.45) is 2.98. The first-order chi connectivity index (χ1) is 10.1. The molecule has 1 aliphatic rings. The van der Waals surface area contributed by atoms with Crippen LogP contribution in [0.4, 0.5) is 0 Å². The maximum atomic E-state index is 12.2. The van der Waals surface area contributed by atoms with E-state index in [0.717, 1.165) is 0 Å². The van der Waals surface area contributed by atoms with E-state index in [-0.39, 0.29) is 28.8 Å². The summed E-state index contributed by atoms with van der Waals surface area (Å²) in [4.78, 5) is 38.8. The predicted molar refractivity (Wildman–Crippen MR) is 78.9 cm³/mol. The van der Waals surface area contributed by atoms with E-state index < -0.39 is 0 Å². The average molecular weight is 300 g/mol. The number of carbonyl (C=O) groups excluding carboxylic acids is 3. The van der Waals surface area contributed by atoms with E-state index in [2.05, 4.69) is 4.98 Å². The SMILES string of the molecule is O=C(CCl)c1c[nH]c(C=C2C(=O)c3ccccc3C2=O)c1. The molecule has 5 heteroatoms. The van der Waals surface area contributed by atoms with E-state index in [4.69, 9.17) is 11.6 Å². The number of Topliss-reactive ketones (excluding diaryl/α,β-unsaturated/α-hetero) is 3. The summed E-state index contributed by atoms with van der Waals surface area (Å²) >= 11 is 5.49. The molecule has 0 amide bonds. The number of nitrogens with one attached hydrogen (secondary N) is 1. The number of alkyl halides is 1. The van der Waals surface area contributed by atoms with Crippen LogP contribution < -0.4 is 0 Å². The zero-order chi connectivity index (χ0) is 15.0. The molecule has 0 fully saturated rings. The van der Waals surface area contributed by atoms with Crippen molar-refractivity contribution in [1.29, 1.82) is 0 Å². The van der Waals surface area contributed by atoms with Gasteiger partial charge in [0.15, 0.2) is 17.3 Å². The van der Waals surface area contributed by atoms with Gasteiger partial charge in [0.2, 0.25) is 0 Å². The van der Waals surface area contributed by atoms with E-state index in [1.807, 2.05) is 0 Å². The second-order valence-electron chi connectivity index (χ2n) is 4.66. The minimum Gasteiger partial charge on any atom is -0.361 e. The van der Waals surface area contributed by atoms with Gasteiger partial charge < -0.3 is 4.98 Å². The van der Waals surface area contributed by atoms with Crippen LogP contribution in [0.3, 0.4) is 0 Å². The molecule has 1 heterocycles. The normalized spacial score (nSPS) is 13.5. The lowest BCUT2D eigenvalue weighted by molar-refractivity contribution is 0.0986. The quantitative estimate of drug-likeness (QED) is 0.410. The highest BCUT2D eigenvalue weighted by Gasteiger charge is 2.32. The summed E-state index contributed by atoms with van der Waals surface area (Å²) in [6.45, 7) is 0. The van der Waals surface area contributed by atoms with E-state index in [0.29, 0.717) is 22.4 Å². The molecule has 104 valence electrons. The molecule has 1 N–H and O–H groups in total. The van der Waals surface area contributed by atoms with E-state index >= 15 is 0 Å². The van der Waals surface area contributed by atoms with Crippen LogP contribution >= 0.6 is 11.6 Å². The molecule has 0 bridgehead atoms. The van der Waals surface area contributed by atoms with Gasteiger partial charge in [0.25, 0.3) is 0 Å². The summed E-state index contributed by atoms with van der Waals surface area (Å²) < 4.78 is 0. The maximum Gasteiger partial charge on any atom is 0.197 e. The van der Waals surface area contributed by atoms with Crippen molar-refractivity contribution < 1.29 is 14.4 Å². The molecule has 1 aromatic heterocycles. The number of H-pyrrole nitrogens is 1. The van der Waals surface area contributed by atoms with Crippen LogP contribution in [-0.4, -0.2) is 28.2 Å². The Morgan fingerprint density at radius 2 is 1.76 bits per heavy atom. The van der Waals surface area contributed by atoms with Gasteiger partial charge in [0, 0.05) is 28.6 Å². The zero-order valence-corrected chi connectivity index (χ0v) is 11.6. The van der Waals surface area contributed by atoms with Gasteiger partial charge in [-0.2, -0.15) is 0 Å². The summed E-state index contributed by atoms with van der Waals surface area (Å²) in [6, 6.07) is 8.28. The third-order valence-corrected chi connectivity index (χ3v) is 3.60. The van der Waals surface area contributed by atoms with Gasteiger partial charge in [-0.1, -0.05) is 24.3 Å². The zero-order valence-electron chi connectivity index (χ0n) is 10.9. The van der Waals surface area contributed by atoms with Crippen molar-refractivity contribution >= 4 is 35.0 Å². The number of carbonyl (C=O) groups is 3. The second kappa shape index (κ2) is 5.14. The smallest absolute Gasteiger partial charge is 0.197 e. The van der Waals surface area contributed by atoms with Crippen LogP contribution in [0.2, 0.25) is 0 Å². The fraction of sp³-hybridized carbons (Fsp3) is 0.0625. The van der Waals surface area contributed by atoms with Crippen LogP contribution in [0, 0.1) is 0 Å². The number of hydrogen-bond acceptors (Lipinski definition) is 3. The van der Waals surface area contributed by atoms with Crippen LogP contribution in [0.15, 0.2) is 42.1 Å². The highest BCUT2D eigenvalue weighted by atomic mass is 35.5. The molecule has 3 rings (SSSR count). The summed E-state index contributed by atoms with van der Waals surface area (Å²) in [5.41, 5.74) is 1.87. The number of aromatic nitrogens is 1. The van der Waals surface area contributed by atoms with Crippen molar-refractivity contribution in [2.45, 2.75) is 0 Å². The molecule has 0 saturated carbocycles. The summed E-state index contributed by atoms with van der Waals surface area (Å²) in [7, 11) is 0. The standard InChI is InChI=1S/C16H10ClNO3/c17-7-14(19)9-5-10(18-8-9)6-13-15(20)11-3-1-2-4-12(11)16(13)21/h1-6,8,18H,7H2. The number of fused-ring (bicyclic) bond motifs is 1. The lowest BCUT2D eigenvalue weighted by Gasteiger charge is -1.92. The van der Waals surface area contributed by atoms with Gasteiger partial charge >= 0.3 is 0 Å². The first kappa shape index (κ1) is 13.5. The maximum absolute atomic E-state index is 12.2. The molecule has 4 nitrogen and oxygen atoms in total. The van der Waals surface area contributed by atoms with Crippen LogP contribution in [0.1, 0.15) is 36.8 Å². The Balaban J connectivity index is 1.99. The molecule has 0 atom stereocenters. The Hall–Kier alpha value is -2.46. The van der Waals surface area contributed by atoms with Crippen molar-refractivity contribution in [3.63, 3.8) is 0 Å². The van der Waals surface area contributed by atoms with Gasteiger partial charge in [0.1, 0.15) is 0 Å². The van der Waals surface area contributed by atoms with Crippen molar-refractivity contribution in [3.8, 4) is 0 Å². The Bertz CT molecular complexity index is 764. The molecule has 0 spiro atoms.